The molecule has 1 aliphatic rings. The van der Waals surface area contributed by atoms with E-state index in [9.17, 15) is 14.0 Å². The molecule has 1 aromatic heterocycles. The van der Waals surface area contributed by atoms with Gasteiger partial charge >= 0.3 is 0 Å². The third-order valence-corrected chi connectivity index (χ3v) is 6.51. The minimum atomic E-state index is -1.04. The molecule has 2 heterocycles. The number of fused-ring (bicyclic) bond motifs is 1. The summed E-state index contributed by atoms with van der Waals surface area (Å²) in [6.45, 7) is 2.82. The quantitative estimate of drug-likeness (QED) is 0.395. The molecule has 1 N–H and O–H groups in total. The number of nitrogens with one attached hydrogen (secondary N) is 1. The van der Waals surface area contributed by atoms with Crippen molar-refractivity contribution in [2.45, 2.75) is 38.5 Å². The van der Waals surface area contributed by atoms with Crippen molar-refractivity contribution >= 4 is 28.5 Å². The number of aryl methyl sites for hydroxylation is 1. The fourth-order valence-electron chi connectivity index (χ4n) is 4.56. The van der Waals surface area contributed by atoms with Gasteiger partial charge in [0.2, 0.25) is 11.8 Å². The number of nitrogens with zero attached hydrogens (tertiary/aromatic N) is 4. The van der Waals surface area contributed by atoms with Crippen molar-refractivity contribution in [3.05, 3.63) is 89.7 Å². The Morgan fingerprint density at radius 1 is 1.11 bits per heavy atom. The van der Waals surface area contributed by atoms with Crippen LogP contribution in [0.1, 0.15) is 30.0 Å². The number of para-hydroxylation sites is 1. The van der Waals surface area contributed by atoms with Gasteiger partial charge in [0.25, 0.3) is 0 Å². The van der Waals surface area contributed by atoms with Crippen LogP contribution in [0.15, 0.2) is 72.8 Å². The van der Waals surface area contributed by atoms with Gasteiger partial charge in [0.05, 0.1) is 11.6 Å². The van der Waals surface area contributed by atoms with Crippen LogP contribution in [0.4, 0.5) is 10.1 Å². The van der Waals surface area contributed by atoms with E-state index in [0.29, 0.717) is 35.4 Å². The zero-order valence-electron chi connectivity index (χ0n) is 20.5. The van der Waals surface area contributed by atoms with E-state index in [1.807, 2.05) is 43.3 Å². The summed E-state index contributed by atoms with van der Waals surface area (Å²) >= 11 is 0. The lowest BCUT2D eigenvalue weighted by atomic mass is 10.0. The number of rotatable bonds is 8. The van der Waals surface area contributed by atoms with Crippen molar-refractivity contribution in [2.75, 3.05) is 18.1 Å². The molecule has 3 aromatic carbocycles. The van der Waals surface area contributed by atoms with Gasteiger partial charge in [0.1, 0.15) is 23.9 Å². The third kappa shape index (κ3) is 5.51. The molecule has 37 heavy (non-hydrogen) atoms. The molecule has 2 unspecified atom stereocenters. The Balaban J connectivity index is 1.52. The van der Waals surface area contributed by atoms with E-state index < -0.39 is 11.9 Å². The van der Waals surface area contributed by atoms with Gasteiger partial charge in [0, 0.05) is 18.8 Å². The summed E-state index contributed by atoms with van der Waals surface area (Å²) < 4.78 is 21.0. The van der Waals surface area contributed by atoms with Gasteiger partial charge in [-0.25, -0.2) is 9.07 Å². The highest BCUT2D eigenvalue weighted by Crippen LogP contribution is 2.29. The molecule has 0 spiro atoms. The zero-order chi connectivity index (χ0) is 25.8. The van der Waals surface area contributed by atoms with Gasteiger partial charge in [-0.2, -0.15) is 0 Å². The third-order valence-electron chi connectivity index (χ3n) is 6.51. The monoisotopic (exact) mass is 501 g/mol. The lowest BCUT2D eigenvalue weighted by Gasteiger charge is -2.32. The Labute approximate surface area is 214 Å². The zero-order valence-corrected chi connectivity index (χ0v) is 20.5. The van der Waals surface area contributed by atoms with Crippen LogP contribution in [0.2, 0.25) is 0 Å². The number of anilines is 1. The lowest BCUT2D eigenvalue weighted by molar-refractivity contribution is -0.127. The number of amides is 2. The molecule has 0 bridgehead atoms. The summed E-state index contributed by atoms with van der Waals surface area (Å²) in [6, 6.07) is 19.3. The normalized spacial score (nSPS) is 16.0. The van der Waals surface area contributed by atoms with Gasteiger partial charge in [-0.3, -0.25) is 14.5 Å². The van der Waals surface area contributed by atoms with E-state index in [-0.39, 0.29) is 24.5 Å². The SMILES string of the molecule is Cc1ccc(N(C(=O)Cn2nnc3ccccc32)C(C(=O)NCC2CCCO2)c2ccc(F)cc2)cc1. The second-order valence-electron chi connectivity index (χ2n) is 9.17. The van der Waals surface area contributed by atoms with Gasteiger partial charge in [-0.15, -0.1) is 5.10 Å². The number of carbonyl (C=O) groups excluding carboxylic acids is 2. The standard InChI is InChI=1S/C28H28FN5O3/c1-19-8-14-22(15-9-19)34(26(35)18-33-25-7-3-2-6-24(25)31-32-33)27(20-10-12-21(29)13-11-20)28(36)30-17-23-5-4-16-37-23/h2-3,6-15,23,27H,4-5,16-18H2,1H3,(H,30,36). The van der Waals surface area contributed by atoms with Crippen LogP contribution in [0.3, 0.4) is 0 Å². The summed E-state index contributed by atoms with van der Waals surface area (Å²) in [5.74, 6) is -1.16. The minimum absolute atomic E-state index is 0.0668. The summed E-state index contributed by atoms with van der Waals surface area (Å²) in [4.78, 5) is 29.1. The molecule has 2 amide bonds. The van der Waals surface area contributed by atoms with Crippen LogP contribution in [0.5, 0.6) is 0 Å². The van der Waals surface area contributed by atoms with Crippen LogP contribution < -0.4 is 10.2 Å². The van der Waals surface area contributed by atoms with Crippen molar-refractivity contribution in [1.82, 2.24) is 20.3 Å². The van der Waals surface area contributed by atoms with E-state index in [0.717, 1.165) is 18.4 Å². The number of hydrogen-bond donors (Lipinski definition) is 1. The molecular formula is C28H28FN5O3. The highest BCUT2D eigenvalue weighted by molar-refractivity contribution is 6.01. The first-order chi connectivity index (χ1) is 18.0. The second kappa shape index (κ2) is 10.9. The molecule has 190 valence electrons. The molecular weight excluding hydrogens is 473 g/mol. The molecule has 8 nitrogen and oxygen atoms in total. The average molecular weight is 502 g/mol. The maximum Gasteiger partial charge on any atom is 0.249 e. The summed E-state index contributed by atoms with van der Waals surface area (Å²) in [5.41, 5.74) is 3.42. The Morgan fingerprint density at radius 2 is 1.86 bits per heavy atom. The molecule has 9 heteroatoms. The van der Waals surface area contributed by atoms with Crippen molar-refractivity contribution in [3.63, 3.8) is 0 Å². The average Bonchev–Trinajstić information content (AvgIpc) is 3.58. The number of halogens is 1. The predicted octanol–water partition coefficient (Wildman–Crippen LogP) is 3.95. The van der Waals surface area contributed by atoms with Crippen LogP contribution in [-0.4, -0.2) is 46.1 Å². The number of aromatic nitrogens is 3. The first-order valence-corrected chi connectivity index (χ1v) is 12.3. The Hall–Kier alpha value is -4.11. The first kappa shape index (κ1) is 24.6. The van der Waals surface area contributed by atoms with Gasteiger partial charge in [0.15, 0.2) is 0 Å². The molecule has 0 saturated carbocycles. The van der Waals surface area contributed by atoms with Crippen LogP contribution >= 0.6 is 0 Å². The largest absolute Gasteiger partial charge is 0.376 e. The molecule has 1 fully saturated rings. The van der Waals surface area contributed by atoms with Crippen molar-refractivity contribution in [3.8, 4) is 0 Å². The molecule has 0 radical (unpaired) electrons. The van der Waals surface area contributed by atoms with Crippen molar-refractivity contribution in [2.24, 2.45) is 0 Å². The summed E-state index contributed by atoms with van der Waals surface area (Å²) in [6.07, 6.45) is 1.74. The van der Waals surface area contributed by atoms with Gasteiger partial charge in [-0.1, -0.05) is 47.2 Å². The fraction of sp³-hybridized carbons (Fsp3) is 0.286. The fourth-order valence-corrected chi connectivity index (χ4v) is 4.56. The number of benzene rings is 3. The second-order valence-corrected chi connectivity index (χ2v) is 9.17. The van der Waals surface area contributed by atoms with Crippen LogP contribution in [0.25, 0.3) is 11.0 Å². The highest BCUT2D eigenvalue weighted by atomic mass is 19.1. The minimum Gasteiger partial charge on any atom is -0.376 e. The van der Waals surface area contributed by atoms with Crippen LogP contribution in [-0.2, 0) is 20.9 Å². The van der Waals surface area contributed by atoms with Crippen LogP contribution in [0, 0.1) is 12.7 Å². The Kier molecular flexibility index (Phi) is 7.23. The maximum absolute atomic E-state index is 13.9. The molecule has 5 rings (SSSR count). The van der Waals surface area contributed by atoms with Gasteiger partial charge in [-0.05, 0) is 61.7 Å². The maximum atomic E-state index is 13.9. The first-order valence-electron chi connectivity index (χ1n) is 12.3. The van der Waals surface area contributed by atoms with Crippen molar-refractivity contribution < 1.29 is 18.7 Å². The topological polar surface area (TPSA) is 89.4 Å². The highest BCUT2D eigenvalue weighted by Gasteiger charge is 2.34. The molecule has 2 atom stereocenters. The van der Waals surface area contributed by atoms with E-state index in [2.05, 4.69) is 15.6 Å². The predicted molar refractivity (Wildman–Crippen MR) is 137 cm³/mol. The Bertz CT molecular complexity index is 1380. The van der Waals surface area contributed by atoms with E-state index in [4.69, 9.17) is 4.74 Å². The summed E-state index contributed by atoms with van der Waals surface area (Å²) in [7, 11) is 0. The summed E-state index contributed by atoms with van der Waals surface area (Å²) in [5, 5.41) is 11.3. The Morgan fingerprint density at radius 3 is 2.59 bits per heavy atom. The van der Waals surface area contributed by atoms with E-state index >= 15 is 0 Å². The smallest absolute Gasteiger partial charge is 0.249 e. The van der Waals surface area contributed by atoms with Gasteiger partial charge < -0.3 is 10.1 Å². The van der Waals surface area contributed by atoms with E-state index in [1.165, 1.54) is 33.8 Å². The van der Waals surface area contributed by atoms with E-state index in [1.54, 1.807) is 12.1 Å². The number of carbonyl (C=O) groups is 2. The number of ether oxygens (including phenoxy) is 1. The molecule has 0 aliphatic carbocycles. The molecule has 1 aliphatic heterocycles. The number of hydrogen-bond acceptors (Lipinski definition) is 5. The lowest BCUT2D eigenvalue weighted by Crippen LogP contribution is -2.46. The van der Waals surface area contributed by atoms with Crippen molar-refractivity contribution in [1.29, 1.82) is 0 Å². The molecule has 1 saturated heterocycles. The molecule has 4 aromatic rings.